The van der Waals surface area contributed by atoms with E-state index in [1.165, 1.54) is 10.9 Å². The number of anilines is 1. The van der Waals surface area contributed by atoms with E-state index in [-0.39, 0.29) is 5.91 Å². The van der Waals surface area contributed by atoms with Gasteiger partial charge in [0.1, 0.15) is 0 Å². The molecule has 27 heavy (non-hydrogen) atoms. The summed E-state index contributed by atoms with van der Waals surface area (Å²) in [5.41, 5.74) is 3.59. The lowest BCUT2D eigenvalue weighted by Gasteiger charge is -2.39. The van der Waals surface area contributed by atoms with Crippen LogP contribution in [0.4, 0.5) is 5.69 Å². The molecule has 4 nitrogen and oxygen atoms in total. The highest BCUT2D eigenvalue weighted by molar-refractivity contribution is 6.31. The van der Waals surface area contributed by atoms with Crippen LogP contribution in [0.5, 0.6) is 0 Å². The summed E-state index contributed by atoms with van der Waals surface area (Å²) in [7, 11) is 0. The lowest BCUT2D eigenvalue weighted by Crippen LogP contribution is -2.54. The van der Waals surface area contributed by atoms with Crippen molar-refractivity contribution >= 4 is 45.7 Å². The molecule has 1 aliphatic heterocycles. The highest BCUT2D eigenvalue weighted by atomic mass is 35.5. The van der Waals surface area contributed by atoms with Crippen molar-refractivity contribution in [3.63, 3.8) is 0 Å². The number of aromatic amines is 1. The monoisotopic (exact) mass is 401 g/mol. The van der Waals surface area contributed by atoms with Gasteiger partial charge in [-0.25, -0.2) is 0 Å². The minimum atomic E-state index is -0.658. The fourth-order valence-electron chi connectivity index (χ4n) is 3.68. The van der Waals surface area contributed by atoms with E-state index < -0.39 is 5.54 Å². The third kappa shape index (κ3) is 3.45. The number of fused-ring (bicyclic) bond motifs is 3. The number of nitrogens with one attached hydrogen (secondary N) is 2. The predicted molar refractivity (Wildman–Crippen MR) is 112 cm³/mol. The predicted octanol–water partition coefficient (Wildman–Crippen LogP) is 5.25. The largest absolute Gasteiger partial charge is 0.357 e. The zero-order valence-electron chi connectivity index (χ0n) is 15.3. The van der Waals surface area contributed by atoms with Gasteiger partial charge in [-0.15, -0.1) is 0 Å². The number of aromatic nitrogens is 1. The Labute approximate surface area is 168 Å². The summed E-state index contributed by atoms with van der Waals surface area (Å²) in [5.74, 6) is -0.0487. The van der Waals surface area contributed by atoms with Crippen molar-refractivity contribution in [2.45, 2.75) is 32.4 Å². The van der Waals surface area contributed by atoms with Gasteiger partial charge in [0.25, 0.3) is 0 Å². The Morgan fingerprint density at radius 1 is 1.15 bits per heavy atom. The fraction of sp³-hybridized carbons (Fsp3) is 0.286. The standard InChI is InChI=1S/C21H21Cl2N3O/c1-21(2,20(27)24-15-5-3-4-13(22)10-15)26-9-8-16-17-11-14(23)6-7-18(17)25-19(16)12-26/h3-7,10-11,25H,8-9,12H2,1-2H3,(H,24,27). The number of carbonyl (C=O) groups is 1. The normalized spacial score (nSPS) is 15.0. The van der Waals surface area contributed by atoms with Crippen LogP contribution in [0, 0.1) is 0 Å². The topological polar surface area (TPSA) is 48.1 Å². The maximum absolute atomic E-state index is 13.0. The molecule has 2 aromatic carbocycles. The Bertz CT molecular complexity index is 1030. The molecule has 140 valence electrons. The Balaban J connectivity index is 1.56. The molecule has 0 atom stereocenters. The third-order valence-electron chi connectivity index (χ3n) is 5.37. The lowest BCUT2D eigenvalue weighted by atomic mass is 9.95. The highest BCUT2D eigenvalue weighted by Gasteiger charge is 2.37. The SMILES string of the molecule is CC(C)(C(=O)Nc1cccc(Cl)c1)N1CCc2c([nH]c3ccc(Cl)cc23)C1. The van der Waals surface area contributed by atoms with E-state index in [1.807, 2.05) is 44.2 Å². The molecule has 1 aliphatic rings. The number of carbonyl (C=O) groups excluding carboxylic acids is 1. The van der Waals surface area contributed by atoms with Crippen LogP contribution in [0.1, 0.15) is 25.1 Å². The number of rotatable bonds is 3. The van der Waals surface area contributed by atoms with Crippen molar-refractivity contribution in [1.29, 1.82) is 0 Å². The van der Waals surface area contributed by atoms with Crippen molar-refractivity contribution in [3.05, 3.63) is 63.8 Å². The highest BCUT2D eigenvalue weighted by Crippen LogP contribution is 2.32. The van der Waals surface area contributed by atoms with E-state index in [0.29, 0.717) is 17.3 Å². The van der Waals surface area contributed by atoms with Crippen molar-refractivity contribution in [2.24, 2.45) is 0 Å². The summed E-state index contributed by atoms with van der Waals surface area (Å²) >= 11 is 12.2. The molecular formula is C21H21Cl2N3O. The summed E-state index contributed by atoms with van der Waals surface area (Å²) in [5, 5.41) is 5.51. The molecule has 1 aromatic heterocycles. The zero-order valence-corrected chi connectivity index (χ0v) is 16.8. The van der Waals surface area contributed by atoms with E-state index in [0.717, 1.165) is 29.2 Å². The molecule has 2 heterocycles. The van der Waals surface area contributed by atoms with Crippen LogP contribution >= 0.6 is 23.2 Å². The van der Waals surface area contributed by atoms with Crippen molar-refractivity contribution < 1.29 is 4.79 Å². The molecule has 0 radical (unpaired) electrons. The molecule has 0 aliphatic carbocycles. The Hall–Kier alpha value is -2.01. The number of H-pyrrole nitrogens is 1. The first kappa shape index (κ1) is 18.4. The van der Waals surface area contributed by atoms with Gasteiger partial charge in [-0.05, 0) is 62.2 Å². The van der Waals surface area contributed by atoms with Gasteiger partial charge in [0, 0.05) is 45.4 Å². The second-order valence-corrected chi connectivity index (χ2v) is 8.34. The van der Waals surface area contributed by atoms with E-state index in [9.17, 15) is 4.79 Å². The van der Waals surface area contributed by atoms with Gasteiger partial charge < -0.3 is 10.3 Å². The molecule has 0 fully saturated rings. The van der Waals surface area contributed by atoms with Crippen LogP contribution in [0.25, 0.3) is 10.9 Å². The third-order valence-corrected chi connectivity index (χ3v) is 5.84. The fourth-order valence-corrected chi connectivity index (χ4v) is 4.05. The molecule has 0 bridgehead atoms. The molecule has 0 spiro atoms. The van der Waals surface area contributed by atoms with Crippen LogP contribution < -0.4 is 5.32 Å². The average Bonchev–Trinajstić information content (AvgIpc) is 2.98. The van der Waals surface area contributed by atoms with Crippen LogP contribution in [-0.2, 0) is 17.8 Å². The van der Waals surface area contributed by atoms with Gasteiger partial charge >= 0.3 is 0 Å². The molecule has 6 heteroatoms. The van der Waals surface area contributed by atoms with Crippen LogP contribution in [-0.4, -0.2) is 27.9 Å². The van der Waals surface area contributed by atoms with Crippen LogP contribution in [0.15, 0.2) is 42.5 Å². The van der Waals surface area contributed by atoms with Crippen LogP contribution in [0.3, 0.4) is 0 Å². The first-order chi connectivity index (χ1) is 12.8. The molecule has 0 unspecified atom stereocenters. The summed E-state index contributed by atoms with van der Waals surface area (Å²) < 4.78 is 0. The second-order valence-electron chi connectivity index (χ2n) is 7.47. The van der Waals surface area contributed by atoms with Crippen molar-refractivity contribution in [2.75, 3.05) is 11.9 Å². The second kappa shape index (κ2) is 6.86. The number of halogens is 2. The van der Waals surface area contributed by atoms with E-state index in [1.54, 1.807) is 12.1 Å². The summed E-state index contributed by atoms with van der Waals surface area (Å²) in [6, 6.07) is 13.1. The number of nitrogens with zero attached hydrogens (tertiary/aromatic N) is 1. The Morgan fingerprint density at radius 2 is 1.93 bits per heavy atom. The molecule has 2 N–H and O–H groups in total. The number of amides is 1. The maximum atomic E-state index is 13.0. The van der Waals surface area contributed by atoms with Crippen molar-refractivity contribution in [1.82, 2.24) is 9.88 Å². The van der Waals surface area contributed by atoms with Gasteiger partial charge in [0.15, 0.2) is 0 Å². The first-order valence-electron chi connectivity index (χ1n) is 8.95. The van der Waals surface area contributed by atoms with Gasteiger partial charge in [0.2, 0.25) is 5.91 Å². The quantitative estimate of drug-likeness (QED) is 0.629. The van der Waals surface area contributed by atoms with Gasteiger partial charge in [-0.1, -0.05) is 29.3 Å². The Morgan fingerprint density at radius 3 is 2.70 bits per heavy atom. The Kier molecular flexibility index (Phi) is 4.66. The molecule has 3 aromatic rings. The summed E-state index contributed by atoms with van der Waals surface area (Å²) in [6.45, 7) is 5.41. The van der Waals surface area contributed by atoms with Gasteiger partial charge in [-0.2, -0.15) is 0 Å². The zero-order chi connectivity index (χ0) is 19.2. The van der Waals surface area contributed by atoms with E-state index in [4.69, 9.17) is 23.2 Å². The van der Waals surface area contributed by atoms with Crippen LogP contribution in [0.2, 0.25) is 10.0 Å². The maximum Gasteiger partial charge on any atom is 0.244 e. The molecule has 0 saturated heterocycles. The minimum Gasteiger partial charge on any atom is -0.357 e. The molecule has 4 rings (SSSR count). The lowest BCUT2D eigenvalue weighted by molar-refractivity contribution is -0.126. The minimum absolute atomic E-state index is 0.0487. The van der Waals surface area contributed by atoms with Crippen molar-refractivity contribution in [3.8, 4) is 0 Å². The van der Waals surface area contributed by atoms with Gasteiger partial charge in [0.05, 0.1) is 5.54 Å². The smallest absolute Gasteiger partial charge is 0.244 e. The summed E-state index contributed by atoms with van der Waals surface area (Å²) in [6.07, 6.45) is 0.879. The van der Waals surface area contributed by atoms with E-state index >= 15 is 0 Å². The molecular weight excluding hydrogens is 381 g/mol. The number of benzene rings is 2. The molecule has 1 amide bonds. The van der Waals surface area contributed by atoms with E-state index in [2.05, 4.69) is 15.2 Å². The molecule has 0 saturated carbocycles. The number of hydrogen-bond acceptors (Lipinski definition) is 2. The first-order valence-corrected chi connectivity index (χ1v) is 9.71. The number of hydrogen-bond donors (Lipinski definition) is 2. The average molecular weight is 402 g/mol. The summed E-state index contributed by atoms with van der Waals surface area (Å²) in [4.78, 5) is 18.6. The van der Waals surface area contributed by atoms with Gasteiger partial charge in [-0.3, -0.25) is 9.69 Å².